The Morgan fingerprint density at radius 1 is 1.00 bits per heavy atom. The predicted molar refractivity (Wildman–Crippen MR) is 98.2 cm³/mol. The number of carbonyl (C=O) groups excluding carboxylic acids is 2. The van der Waals surface area contributed by atoms with E-state index in [0.29, 0.717) is 13.2 Å². The second-order valence-corrected chi connectivity index (χ2v) is 5.83. The average Bonchev–Trinajstić information content (AvgIpc) is 2.64. The third-order valence-electron chi connectivity index (χ3n) is 4.02. The third-order valence-corrected chi connectivity index (χ3v) is 4.02. The van der Waals surface area contributed by atoms with Crippen molar-refractivity contribution in [3.63, 3.8) is 0 Å². The van der Waals surface area contributed by atoms with Gasteiger partial charge >= 0.3 is 5.97 Å². The van der Waals surface area contributed by atoms with Crippen molar-refractivity contribution in [2.24, 2.45) is 0 Å². The molecular formula is C21H25NO3. The van der Waals surface area contributed by atoms with E-state index in [1.807, 2.05) is 48.5 Å². The van der Waals surface area contributed by atoms with Crippen LogP contribution in [0.25, 0.3) is 0 Å². The van der Waals surface area contributed by atoms with Gasteiger partial charge in [-0.25, -0.2) is 0 Å². The summed E-state index contributed by atoms with van der Waals surface area (Å²) >= 11 is 0. The van der Waals surface area contributed by atoms with Crippen LogP contribution in [0.3, 0.4) is 0 Å². The van der Waals surface area contributed by atoms with E-state index in [9.17, 15) is 9.59 Å². The lowest BCUT2D eigenvalue weighted by molar-refractivity contribution is -0.143. The van der Waals surface area contributed by atoms with Gasteiger partial charge in [-0.15, -0.1) is 0 Å². The van der Waals surface area contributed by atoms with Gasteiger partial charge in [0.05, 0.1) is 18.9 Å². The Hall–Kier alpha value is -2.62. The molecule has 0 bridgehead atoms. The van der Waals surface area contributed by atoms with E-state index >= 15 is 0 Å². The second kappa shape index (κ2) is 10.3. The predicted octanol–water partition coefficient (Wildman–Crippen LogP) is 3.47. The highest BCUT2D eigenvalue weighted by Gasteiger charge is 2.20. The Morgan fingerprint density at radius 2 is 1.64 bits per heavy atom. The number of hydrogen-bond donors (Lipinski definition) is 1. The Morgan fingerprint density at radius 3 is 2.28 bits per heavy atom. The maximum Gasteiger partial charge on any atom is 0.307 e. The van der Waals surface area contributed by atoms with Crippen LogP contribution in [0.2, 0.25) is 0 Å². The van der Waals surface area contributed by atoms with E-state index in [4.69, 9.17) is 4.74 Å². The first-order chi connectivity index (χ1) is 12.2. The number of aryl methyl sites for hydroxylation is 1. The highest BCUT2D eigenvalue weighted by Crippen LogP contribution is 2.22. The molecular weight excluding hydrogens is 314 g/mol. The quantitative estimate of drug-likeness (QED) is 0.712. The molecule has 4 heteroatoms. The molecule has 0 saturated carbocycles. The maximum atomic E-state index is 12.6. The van der Waals surface area contributed by atoms with Gasteiger partial charge in [0.2, 0.25) is 5.91 Å². The van der Waals surface area contributed by atoms with E-state index in [1.54, 1.807) is 6.92 Å². The standard InChI is InChI=1S/C21H25NO3/c1-2-25-20(23)15-16-22-21(24)19(18-11-7-4-8-12-18)14-13-17-9-5-3-6-10-17/h3-12,19H,2,13-16H2,1H3,(H,22,24). The van der Waals surface area contributed by atoms with Crippen LogP contribution >= 0.6 is 0 Å². The zero-order valence-electron chi connectivity index (χ0n) is 14.6. The van der Waals surface area contributed by atoms with Gasteiger partial charge < -0.3 is 10.1 Å². The number of nitrogens with one attached hydrogen (secondary N) is 1. The molecule has 0 spiro atoms. The summed E-state index contributed by atoms with van der Waals surface area (Å²) in [7, 11) is 0. The van der Waals surface area contributed by atoms with Crippen LogP contribution in [0.15, 0.2) is 60.7 Å². The van der Waals surface area contributed by atoms with Gasteiger partial charge in [0, 0.05) is 6.54 Å². The van der Waals surface area contributed by atoms with Crippen LogP contribution in [-0.2, 0) is 20.7 Å². The molecule has 0 aliphatic heterocycles. The van der Waals surface area contributed by atoms with Gasteiger partial charge in [-0.05, 0) is 30.9 Å². The Balaban J connectivity index is 1.96. The highest BCUT2D eigenvalue weighted by atomic mass is 16.5. The summed E-state index contributed by atoms with van der Waals surface area (Å²) in [5, 5.41) is 2.87. The minimum atomic E-state index is -0.289. The first kappa shape index (κ1) is 18.7. The molecule has 4 nitrogen and oxygen atoms in total. The van der Waals surface area contributed by atoms with E-state index < -0.39 is 0 Å². The molecule has 2 rings (SSSR count). The van der Waals surface area contributed by atoms with Crippen LogP contribution in [0.1, 0.15) is 36.8 Å². The number of hydrogen-bond acceptors (Lipinski definition) is 3. The number of ether oxygens (including phenoxy) is 1. The molecule has 0 radical (unpaired) electrons. The highest BCUT2D eigenvalue weighted by molar-refractivity contribution is 5.84. The molecule has 1 unspecified atom stereocenters. The van der Waals surface area contributed by atoms with Crippen molar-refractivity contribution in [1.29, 1.82) is 0 Å². The Labute approximate surface area is 149 Å². The molecule has 2 aromatic rings. The smallest absolute Gasteiger partial charge is 0.307 e. The molecule has 1 amide bonds. The lowest BCUT2D eigenvalue weighted by Crippen LogP contribution is -2.31. The van der Waals surface area contributed by atoms with Gasteiger partial charge in [0.25, 0.3) is 0 Å². The average molecular weight is 339 g/mol. The Kier molecular flexibility index (Phi) is 7.70. The zero-order chi connectivity index (χ0) is 17.9. The Bertz CT molecular complexity index is 655. The first-order valence-corrected chi connectivity index (χ1v) is 8.73. The second-order valence-electron chi connectivity index (χ2n) is 5.83. The number of amides is 1. The fraction of sp³-hybridized carbons (Fsp3) is 0.333. The maximum absolute atomic E-state index is 12.6. The van der Waals surface area contributed by atoms with Crippen LogP contribution in [0, 0.1) is 0 Å². The van der Waals surface area contributed by atoms with Crippen molar-refractivity contribution in [2.45, 2.75) is 32.1 Å². The topological polar surface area (TPSA) is 55.4 Å². The van der Waals surface area contributed by atoms with Crippen molar-refractivity contribution in [3.05, 3.63) is 71.8 Å². The fourth-order valence-electron chi connectivity index (χ4n) is 2.73. The molecule has 25 heavy (non-hydrogen) atoms. The minimum Gasteiger partial charge on any atom is -0.466 e. The number of esters is 1. The van der Waals surface area contributed by atoms with Gasteiger partial charge in [0.1, 0.15) is 0 Å². The van der Waals surface area contributed by atoms with Crippen molar-refractivity contribution >= 4 is 11.9 Å². The molecule has 1 N–H and O–H groups in total. The van der Waals surface area contributed by atoms with Gasteiger partial charge in [-0.1, -0.05) is 60.7 Å². The summed E-state index contributed by atoms with van der Waals surface area (Å²) in [4.78, 5) is 24.0. The van der Waals surface area contributed by atoms with Crippen LogP contribution in [0.5, 0.6) is 0 Å². The largest absolute Gasteiger partial charge is 0.466 e. The molecule has 1 atom stereocenters. The van der Waals surface area contributed by atoms with Crippen molar-refractivity contribution in [3.8, 4) is 0 Å². The minimum absolute atomic E-state index is 0.0496. The molecule has 132 valence electrons. The van der Waals surface area contributed by atoms with Gasteiger partial charge in [-0.3, -0.25) is 9.59 Å². The molecule has 0 aliphatic rings. The van der Waals surface area contributed by atoms with E-state index in [2.05, 4.69) is 17.4 Å². The molecule has 0 heterocycles. The van der Waals surface area contributed by atoms with Crippen LogP contribution in [-0.4, -0.2) is 25.0 Å². The zero-order valence-corrected chi connectivity index (χ0v) is 14.6. The monoisotopic (exact) mass is 339 g/mol. The molecule has 0 saturated heterocycles. The fourth-order valence-corrected chi connectivity index (χ4v) is 2.73. The summed E-state index contributed by atoms with van der Waals surface area (Å²) in [6.07, 6.45) is 1.74. The summed E-state index contributed by atoms with van der Waals surface area (Å²) in [5.74, 6) is -0.571. The van der Waals surface area contributed by atoms with Crippen LogP contribution < -0.4 is 5.32 Å². The van der Waals surface area contributed by atoms with Crippen molar-refractivity contribution in [2.75, 3.05) is 13.2 Å². The van der Waals surface area contributed by atoms with E-state index in [-0.39, 0.29) is 24.2 Å². The van der Waals surface area contributed by atoms with Gasteiger partial charge in [-0.2, -0.15) is 0 Å². The summed E-state index contributed by atoms with van der Waals surface area (Å²) < 4.78 is 4.88. The molecule has 0 aromatic heterocycles. The van der Waals surface area contributed by atoms with Gasteiger partial charge in [0.15, 0.2) is 0 Å². The number of rotatable bonds is 9. The number of carbonyl (C=O) groups is 2. The normalized spacial score (nSPS) is 11.6. The summed E-state index contributed by atoms with van der Waals surface area (Å²) in [6, 6.07) is 19.9. The molecule has 0 aliphatic carbocycles. The van der Waals surface area contributed by atoms with Crippen LogP contribution in [0.4, 0.5) is 0 Å². The third kappa shape index (κ3) is 6.42. The summed E-state index contributed by atoms with van der Waals surface area (Å²) in [6.45, 7) is 2.42. The van der Waals surface area contributed by atoms with Crippen molar-refractivity contribution in [1.82, 2.24) is 5.32 Å². The lowest BCUT2D eigenvalue weighted by Gasteiger charge is -2.17. The molecule has 0 fully saturated rings. The molecule has 2 aromatic carbocycles. The number of benzene rings is 2. The first-order valence-electron chi connectivity index (χ1n) is 8.73. The summed E-state index contributed by atoms with van der Waals surface area (Å²) in [5.41, 5.74) is 2.20. The van der Waals surface area contributed by atoms with Crippen molar-refractivity contribution < 1.29 is 14.3 Å². The SMILES string of the molecule is CCOC(=O)CCNC(=O)C(CCc1ccccc1)c1ccccc1. The van der Waals surface area contributed by atoms with E-state index in [0.717, 1.165) is 18.4 Å². The lowest BCUT2D eigenvalue weighted by atomic mass is 9.91. The van der Waals surface area contributed by atoms with E-state index in [1.165, 1.54) is 5.56 Å².